The van der Waals surface area contributed by atoms with Crippen LogP contribution >= 0.6 is 0 Å². The smallest absolute Gasteiger partial charge is 0.467 e. The number of methoxy groups -OCH3 is 1. The molecule has 0 aromatic heterocycles. The van der Waals surface area contributed by atoms with Crippen LogP contribution in [-0.2, 0) is 27.2 Å². The van der Waals surface area contributed by atoms with E-state index in [1.165, 1.54) is 12.0 Å². The lowest BCUT2D eigenvalue weighted by molar-refractivity contribution is -0.147. The standard InChI is InChI=1S/C16H22BNO6/c1-16(2,3)24-15(20)18-9-10-5-6-12(17(21)22)7-11(10)8-13(18)14(19)23-4/h5-7,13,21-22H,8-9H2,1-4H3/t13-/m1/s1. The zero-order valence-electron chi connectivity index (χ0n) is 14.3. The Morgan fingerprint density at radius 1 is 1.25 bits per heavy atom. The number of fused-ring (bicyclic) bond motifs is 1. The number of esters is 1. The third-order valence-corrected chi connectivity index (χ3v) is 3.76. The fourth-order valence-corrected chi connectivity index (χ4v) is 2.62. The van der Waals surface area contributed by atoms with Gasteiger partial charge in [0, 0.05) is 6.42 Å². The number of nitrogens with zero attached hydrogens (tertiary/aromatic N) is 1. The summed E-state index contributed by atoms with van der Waals surface area (Å²) in [6.45, 7) is 5.45. The zero-order chi connectivity index (χ0) is 18.1. The second kappa shape index (κ2) is 6.82. The Bertz CT molecular complexity index is 640. The lowest BCUT2D eigenvalue weighted by atomic mass is 9.77. The molecule has 0 unspecified atom stereocenters. The average Bonchev–Trinajstić information content (AvgIpc) is 2.50. The maximum absolute atomic E-state index is 12.4. The quantitative estimate of drug-likeness (QED) is 0.592. The van der Waals surface area contributed by atoms with Crippen LogP contribution in [0.15, 0.2) is 18.2 Å². The molecule has 130 valence electrons. The third-order valence-electron chi connectivity index (χ3n) is 3.76. The van der Waals surface area contributed by atoms with Gasteiger partial charge in [-0.2, -0.15) is 0 Å². The minimum absolute atomic E-state index is 0.186. The first-order valence-electron chi connectivity index (χ1n) is 7.67. The molecule has 1 heterocycles. The Hall–Kier alpha value is -2.06. The molecule has 1 aromatic rings. The van der Waals surface area contributed by atoms with Crippen molar-refractivity contribution in [2.24, 2.45) is 0 Å². The largest absolute Gasteiger partial charge is 0.488 e. The van der Waals surface area contributed by atoms with Crippen LogP contribution in [0.5, 0.6) is 0 Å². The van der Waals surface area contributed by atoms with Crippen molar-refractivity contribution in [2.75, 3.05) is 7.11 Å². The van der Waals surface area contributed by atoms with Crippen LogP contribution in [0.2, 0.25) is 0 Å². The highest BCUT2D eigenvalue weighted by molar-refractivity contribution is 6.58. The molecule has 24 heavy (non-hydrogen) atoms. The minimum atomic E-state index is -1.59. The lowest BCUT2D eigenvalue weighted by Crippen LogP contribution is -2.51. The van der Waals surface area contributed by atoms with Crippen molar-refractivity contribution in [1.29, 1.82) is 0 Å². The molecule has 0 bridgehead atoms. The molecule has 7 nitrogen and oxygen atoms in total. The molecule has 1 amide bonds. The predicted octanol–water partition coefficient (Wildman–Crippen LogP) is 0.201. The molecule has 8 heteroatoms. The van der Waals surface area contributed by atoms with Crippen LogP contribution in [0.1, 0.15) is 31.9 Å². The highest BCUT2D eigenvalue weighted by Crippen LogP contribution is 2.25. The molecule has 1 aliphatic heterocycles. The zero-order valence-corrected chi connectivity index (χ0v) is 14.3. The minimum Gasteiger partial charge on any atom is -0.467 e. The molecule has 0 fully saturated rings. The van der Waals surface area contributed by atoms with Gasteiger partial charge in [0.05, 0.1) is 13.7 Å². The maximum atomic E-state index is 12.4. The van der Waals surface area contributed by atoms with E-state index in [2.05, 4.69) is 0 Å². The van der Waals surface area contributed by atoms with E-state index in [-0.39, 0.29) is 13.0 Å². The van der Waals surface area contributed by atoms with E-state index in [4.69, 9.17) is 9.47 Å². The first kappa shape index (κ1) is 18.3. The Balaban J connectivity index is 2.34. The van der Waals surface area contributed by atoms with Crippen LogP contribution in [-0.4, -0.2) is 52.9 Å². The summed E-state index contributed by atoms with van der Waals surface area (Å²) in [7, 11) is -0.324. The molecular formula is C16H22BNO6. The number of carbonyl (C=O) groups is 2. The number of carbonyl (C=O) groups excluding carboxylic acids is 2. The van der Waals surface area contributed by atoms with Crippen molar-refractivity contribution in [3.63, 3.8) is 0 Å². The van der Waals surface area contributed by atoms with Gasteiger partial charge in [-0.05, 0) is 37.4 Å². The molecule has 0 spiro atoms. The summed E-state index contributed by atoms with van der Waals surface area (Å²) in [6.07, 6.45) is -0.364. The summed E-state index contributed by atoms with van der Waals surface area (Å²) in [5.74, 6) is -0.540. The van der Waals surface area contributed by atoms with Gasteiger partial charge in [0.2, 0.25) is 0 Å². The van der Waals surface area contributed by atoms with Gasteiger partial charge >= 0.3 is 19.2 Å². The van der Waals surface area contributed by atoms with Crippen molar-refractivity contribution in [3.05, 3.63) is 29.3 Å². The molecule has 1 aliphatic rings. The van der Waals surface area contributed by atoms with Gasteiger partial charge in [-0.25, -0.2) is 9.59 Å². The predicted molar refractivity (Wildman–Crippen MR) is 87.6 cm³/mol. The Morgan fingerprint density at radius 3 is 2.46 bits per heavy atom. The molecule has 0 saturated heterocycles. The van der Waals surface area contributed by atoms with Crippen LogP contribution < -0.4 is 5.46 Å². The Labute approximate surface area is 141 Å². The SMILES string of the molecule is COC(=O)[C@H]1Cc2cc(B(O)O)ccc2CN1C(=O)OC(C)(C)C. The number of ether oxygens (including phenoxy) is 2. The summed E-state index contributed by atoms with van der Waals surface area (Å²) >= 11 is 0. The second-order valence-corrected chi connectivity index (χ2v) is 6.75. The molecule has 0 aliphatic carbocycles. The number of hydrogen-bond donors (Lipinski definition) is 2. The number of hydrogen-bond acceptors (Lipinski definition) is 6. The van der Waals surface area contributed by atoms with Crippen molar-refractivity contribution < 1.29 is 29.1 Å². The summed E-state index contributed by atoms with van der Waals surface area (Å²) in [6, 6.07) is 4.11. The normalized spacial score (nSPS) is 17.1. The summed E-state index contributed by atoms with van der Waals surface area (Å²) in [5.41, 5.74) is 1.26. The number of rotatable bonds is 2. The van der Waals surface area contributed by atoms with Gasteiger partial charge in [0.25, 0.3) is 0 Å². The van der Waals surface area contributed by atoms with E-state index >= 15 is 0 Å². The molecule has 2 rings (SSSR count). The van der Waals surface area contributed by atoms with Gasteiger partial charge in [-0.1, -0.05) is 18.2 Å². The molecule has 0 saturated carbocycles. The fraction of sp³-hybridized carbons (Fsp3) is 0.500. The van der Waals surface area contributed by atoms with Crippen molar-refractivity contribution in [2.45, 2.75) is 45.4 Å². The van der Waals surface area contributed by atoms with Gasteiger partial charge in [-0.3, -0.25) is 4.90 Å². The van der Waals surface area contributed by atoms with Gasteiger partial charge < -0.3 is 19.5 Å². The van der Waals surface area contributed by atoms with Crippen molar-refractivity contribution in [3.8, 4) is 0 Å². The van der Waals surface area contributed by atoms with Gasteiger partial charge in [0.1, 0.15) is 11.6 Å². The number of benzene rings is 1. The van der Waals surface area contributed by atoms with Gasteiger partial charge in [0.15, 0.2) is 0 Å². The van der Waals surface area contributed by atoms with Crippen LogP contribution in [0.3, 0.4) is 0 Å². The Morgan fingerprint density at radius 2 is 1.92 bits per heavy atom. The van der Waals surface area contributed by atoms with E-state index in [0.29, 0.717) is 5.46 Å². The molecule has 2 N–H and O–H groups in total. The third kappa shape index (κ3) is 4.07. The fourth-order valence-electron chi connectivity index (χ4n) is 2.62. The first-order valence-corrected chi connectivity index (χ1v) is 7.67. The molecular weight excluding hydrogens is 313 g/mol. The van der Waals surface area contributed by atoms with E-state index in [0.717, 1.165) is 11.1 Å². The summed E-state index contributed by atoms with van der Waals surface area (Å²) in [4.78, 5) is 25.9. The second-order valence-electron chi connectivity index (χ2n) is 6.75. The van der Waals surface area contributed by atoms with Gasteiger partial charge in [-0.15, -0.1) is 0 Å². The number of amides is 1. The van der Waals surface area contributed by atoms with Crippen molar-refractivity contribution >= 4 is 24.6 Å². The van der Waals surface area contributed by atoms with E-state index < -0.39 is 30.8 Å². The monoisotopic (exact) mass is 335 g/mol. The average molecular weight is 335 g/mol. The molecule has 1 aromatic carbocycles. The first-order chi connectivity index (χ1) is 11.1. The lowest BCUT2D eigenvalue weighted by Gasteiger charge is -2.36. The van der Waals surface area contributed by atoms with E-state index in [1.807, 2.05) is 0 Å². The van der Waals surface area contributed by atoms with Crippen LogP contribution in [0.4, 0.5) is 4.79 Å². The highest BCUT2D eigenvalue weighted by atomic mass is 16.6. The van der Waals surface area contributed by atoms with Crippen LogP contribution in [0, 0.1) is 0 Å². The Kier molecular flexibility index (Phi) is 5.20. The maximum Gasteiger partial charge on any atom is 0.488 e. The molecule has 0 radical (unpaired) electrons. The summed E-state index contributed by atoms with van der Waals surface area (Å²) in [5, 5.41) is 18.6. The van der Waals surface area contributed by atoms with Crippen LogP contribution in [0.25, 0.3) is 0 Å². The van der Waals surface area contributed by atoms with Crippen molar-refractivity contribution in [1.82, 2.24) is 4.90 Å². The molecule has 1 atom stereocenters. The van der Waals surface area contributed by atoms with E-state index in [9.17, 15) is 19.6 Å². The van der Waals surface area contributed by atoms with E-state index in [1.54, 1.807) is 39.0 Å². The highest BCUT2D eigenvalue weighted by Gasteiger charge is 2.38. The topological polar surface area (TPSA) is 96.3 Å². The summed E-state index contributed by atoms with van der Waals surface area (Å²) < 4.78 is 10.2.